The smallest absolute Gasteiger partial charge is 0.350 e. The zero-order valence-electron chi connectivity index (χ0n) is 5.12. The van der Waals surface area contributed by atoms with Crippen LogP contribution in [0.3, 0.4) is 0 Å². The molecule has 1 rings (SSSR count). The van der Waals surface area contributed by atoms with Gasteiger partial charge in [-0.25, -0.2) is 4.79 Å². The van der Waals surface area contributed by atoms with Gasteiger partial charge in [0.1, 0.15) is 5.71 Å². The lowest BCUT2D eigenvalue weighted by atomic mass is 10.2. The van der Waals surface area contributed by atoms with Gasteiger partial charge in [-0.15, -0.1) is 0 Å². The van der Waals surface area contributed by atoms with Crippen molar-refractivity contribution in [1.82, 2.24) is 0 Å². The number of hydrogen-bond acceptors (Lipinski definition) is 2. The Kier molecular flexibility index (Phi) is 2.21. The maximum atomic E-state index is 10.3. The minimum absolute atomic E-state index is 0.121. The quantitative estimate of drug-likeness (QED) is 0.652. The van der Waals surface area contributed by atoms with E-state index < -0.39 is 5.97 Å². The summed E-state index contributed by atoms with van der Waals surface area (Å²) < 4.78 is 0. The van der Waals surface area contributed by atoms with Crippen molar-refractivity contribution in [3.05, 3.63) is 12.3 Å². The molecule has 0 fully saturated rings. The monoisotopic (exact) mass is 203 g/mol. The van der Waals surface area contributed by atoms with E-state index in [1.807, 2.05) is 6.08 Å². The van der Waals surface area contributed by atoms with Crippen molar-refractivity contribution >= 4 is 27.6 Å². The van der Waals surface area contributed by atoms with E-state index in [2.05, 4.69) is 20.9 Å². The molecule has 0 bridgehead atoms. The number of aliphatic imine (C=N–C) groups is 1. The van der Waals surface area contributed by atoms with E-state index in [1.165, 1.54) is 6.20 Å². The summed E-state index contributed by atoms with van der Waals surface area (Å²) in [6.45, 7) is 0. The first-order valence-corrected chi connectivity index (χ1v) is 3.72. The highest BCUT2D eigenvalue weighted by Gasteiger charge is 2.14. The molecule has 0 aromatic heterocycles. The van der Waals surface area contributed by atoms with E-state index in [9.17, 15) is 4.79 Å². The van der Waals surface area contributed by atoms with Crippen LogP contribution in [0.1, 0.15) is 6.42 Å². The summed E-state index contributed by atoms with van der Waals surface area (Å²) in [5, 5.41) is 8.47. The number of aliphatic carboxylic acids is 1. The van der Waals surface area contributed by atoms with E-state index in [4.69, 9.17) is 5.11 Å². The molecule has 3 nitrogen and oxygen atoms in total. The third-order valence-electron chi connectivity index (χ3n) is 1.16. The minimum atomic E-state index is -0.936. The van der Waals surface area contributed by atoms with Gasteiger partial charge in [-0.05, 0) is 0 Å². The lowest BCUT2D eigenvalue weighted by Gasteiger charge is -2.06. The van der Waals surface area contributed by atoms with Crippen molar-refractivity contribution < 1.29 is 9.90 Å². The van der Waals surface area contributed by atoms with E-state index in [0.29, 0.717) is 6.42 Å². The number of nitrogens with zero attached hydrogens (tertiary/aromatic N) is 1. The van der Waals surface area contributed by atoms with Gasteiger partial charge in [-0.2, -0.15) is 0 Å². The second-order valence-corrected chi connectivity index (χ2v) is 3.12. The molecule has 54 valence electrons. The van der Waals surface area contributed by atoms with Crippen LogP contribution in [0.5, 0.6) is 0 Å². The lowest BCUT2D eigenvalue weighted by Crippen LogP contribution is -2.18. The Morgan fingerprint density at radius 2 is 2.60 bits per heavy atom. The highest BCUT2D eigenvalue weighted by atomic mass is 79.9. The Bertz CT molecular complexity index is 210. The number of carbonyl (C=O) groups is 1. The van der Waals surface area contributed by atoms with Crippen LogP contribution >= 0.6 is 15.9 Å². The SMILES string of the molecule is O=C(O)C1=NC=CC(Br)C1. The zero-order valence-corrected chi connectivity index (χ0v) is 6.71. The third-order valence-corrected chi connectivity index (χ3v) is 1.79. The molecular formula is C6H6BrNO2. The summed E-state index contributed by atoms with van der Waals surface area (Å²) in [5.74, 6) is -0.936. The number of alkyl halides is 1. The van der Waals surface area contributed by atoms with Crippen molar-refractivity contribution in [2.75, 3.05) is 0 Å². The highest BCUT2D eigenvalue weighted by molar-refractivity contribution is 9.09. The van der Waals surface area contributed by atoms with Crippen LogP contribution in [0.4, 0.5) is 0 Å². The van der Waals surface area contributed by atoms with Gasteiger partial charge in [0.2, 0.25) is 0 Å². The van der Waals surface area contributed by atoms with Crippen molar-refractivity contribution in [3.8, 4) is 0 Å². The number of allylic oxidation sites excluding steroid dienone is 1. The number of halogens is 1. The van der Waals surface area contributed by atoms with Crippen LogP contribution in [0.2, 0.25) is 0 Å². The highest BCUT2D eigenvalue weighted by Crippen LogP contribution is 2.12. The van der Waals surface area contributed by atoms with Gasteiger partial charge in [0, 0.05) is 17.4 Å². The van der Waals surface area contributed by atoms with Crippen molar-refractivity contribution in [1.29, 1.82) is 0 Å². The van der Waals surface area contributed by atoms with Crippen LogP contribution in [-0.4, -0.2) is 21.6 Å². The molecule has 1 aliphatic rings. The standard InChI is InChI=1S/C6H6BrNO2/c7-4-1-2-8-5(3-4)6(9)10/h1-2,4H,3H2,(H,9,10). The van der Waals surface area contributed by atoms with Gasteiger partial charge >= 0.3 is 5.97 Å². The molecule has 0 amide bonds. The summed E-state index contributed by atoms with van der Waals surface area (Å²) in [6.07, 6.45) is 3.78. The molecular weight excluding hydrogens is 198 g/mol. The van der Waals surface area contributed by atoms with Gasteiger partial charge in [-0.3, -0.25) is 4.99 Å². The zero-order chi connectivity index (χ0) is 7.56. The van der Waals surface area contributed by atoms with Crippen molar-refractivity contribution in [2.24, 2.45) is 4.99 Å². The first kappa shape index (κ1) is 7.47. The molecule has 0 aromatic rings. The third kappa shape index (κ3) is 1.67. The van der Waals surface area contributed by atoms with Crippen LogP contribution in [0.15, 0.2) is 17.3 Å². The Morgan fingerprint density at radius 3 is 3.00 bits per heavy atom. The van der Waals surface area contributed by atoms with Gasteiger partial charge in [0.05, 0.1) is 0 Å². The van der Waals surface area contributed by atoms with E-state index in [1.54, 1.807) is 0 Å². The van der Waals surface area contributed by atoms with Gasteiger partial charge in [0.15, 0.2) is 0 Å². The Balaban J connectivity index is 2.71. The van der Waals surface area contributed by atoms with Crippen LogP contribution in [0.25, 0.3) is 0 Å². The summed E-state index contributed by atoms with van der Waals surface area (Å²) in [6, 6.07) is 0. The van der Waals surface area contributed by atoms with Crippen LogP contribution < -0.4 is 0 Å². The predicted octanol–water partition coefficient (Wildman–Crippen LogP) is 1.19. The second-order valence-electron chi connectivity index (χ2n) is 1.94. The number of carboxylic acids is 1. The normalized spacial score (nSPS) is 24.1. The largest absolute Gasteiger partial charge is 0.477 e. The summed E-state index contributed by atoms with van der Waals surface area (Å²) >= 11 is 3.27. The fraction of sp³-hybridized carbons (Fsp3) is 0.333. The average Bonchev–Trinajstić information content (AvgIpc) is 1.88. The molecule has 1 atom stereocenters. The molecule has 1 aliphatic heterocycles. The van der Waals surface area contributed by atoms with E-state index in [0.717, 1.165) is 0 Å². The molecule has 1 unspecified atom stereocenters. The molecule has 0 aliphatic carbocycles. The topological polar surface area (TPSA) is 49.7 Å². The molecule has 0 spiro atoms. The summed E-state index contributed by atoms with van der Waals surface area (Å²) in [4.78, 5) is 14.1. The van der Waals surface area contributed by atoms with Gasteiger partial charge in [-0.1, -0.05) is 22.0 Å². The number of hydrogen-bond donors (Lipinski definition) is 1. The Hall–Kier alpha value is -0.640. The van der Waals surface area contributed by atoms with Crippen molar-refractivity contribution in [2.45, 2.75) is 11.2 Å². The fourth-order valence-corrected chi connectivity index (χ4v) is 1.12. The Morgan fingerprint density at radius 1 is 1.90 bits per heavy atom. The minimum Gasteiger partial charge on any atom is -0.477 e. The summed E-state index contributed by atoms with van der Waals surface area (Å²) in [7, 11) is 0. The molecule has 0 saturated carbocycles. The molecule has 1 heterocycles. The predicted molar refractivity (Wildman–Crippen MR) is 41.5 cm³/mol. The molecule has 0 saturated heterocycles. The maximum Gasteiger partial charge on any atom is 0.350 e. The van der Waals surface area contributed by atoms with Crippen molar-refractivity contribution in [3.63, 3.8) is 0 Å². The lowest BCUT2D eigenvalue weighted by molar-refractivity contribution is -0.129. The first-order chi connectivity index (χ1) is 4.70. The molecule has 1 N–H and O–H groups in total. The average molecular weight is 204 g/mol. The molecule has 0 aromatic carbocycles. The number of carboxylic acid groups (broad SMARTS) is 1. The molecule has 4 heteroatoms. The molecule has 0 radical (unpaired) electrons. The number of rotatable bonds is 1. The van der Waals surface area contributed by atoms with E-state index in [-0.39, 0.29) is 10.5 Å². The second kappa shape index (κ2) is 2.96. The van der Waals surface area contributed by atoms with Gasteiger partial charge < -0.3 is 5.11 Å². The fourth-order valence-electron chi connectivity index (χ4n) is 0.674. The first-order valence-electron chi connectivity index (χ1n) is 2.81. The van der Waals surface area contributed by atoms with Crippen LogP contribution in [-0.2, 0) is 4.79 Å². The molecule has 10 heavy (non-hydrogen) atoms. The van der Waals surface area contributed by atoms with Gasteiger partial charge in [0.25, 0.3) is 0 Å². The summed E-state index contributed by atoms with van der Waals surface area (Å²) in [5.41, 5.74) is 0.212. The maximum absolute atomic E-state index is 10.3. The Labute approximate surface area is 66.6 Å². The van der Waals surface area contributed by atoms with E-state index >= 15 is 0 Å². The van der Waals surface area contributed by atoms with Crippen LogP contribution in [0, 0.1) is 0 Å².